The molecular weight excluding hydrogens is 216 g/mol. The van der Waals surface area contributed by atoms with Crippen LogP contribution >= 0.6 is 0 Å². The van der Waals surface area contributed by atoms with Gasteiger partial charge in [-0.15, -0.1) is 0 Å². The lowest BCUT2D eigenvalue weighted by Crippen LogP contribution is -2.45. The highest BCUT2D eigenvalue weighted by Crippen LogP contribution is 2.27. The minimum atomic E-state index is -0.243. The minimum absolute atomic E-state index is 0.115. The van der Waals surface area contributed by atoms with Crippen molar-refractivity contribution in [3.05, 3.63) is 24.0 Å². The molecule has 1 aromatic heterocycles. The van der Waals surface area contributed by atoms with Crippen LogP contribution in [-0.4, -0.2) is 29.2 Å². The maximum Gasteiger partial charge on any atom is 0.226 e. The van der Waals surface area contributed by atoms with E-state index < -0.39 is 0 Å². The van der Waals surface area contributed by atoms with Gasteiger partial charge < -0.3 is 10.6 Å². The third kappa shape index (κ3) is 3.00. The van der Waals surface area contributed by atoms with Gasteiger partial charge >= 0.3 is 0 Å². The Morgan fingerprint density at radius 2 is 2.29 bits per heavy atom. The third-order valence-corrected chi connectivity index (χ3v) is 3.31. The number of aromatic nitrogens is 2. The van der Waals surface area contributed by atoms with Crippen LogP contribution < -0.4 is 10.6 Å². The molecule has 0 atom stereocenters. The van der Waals surface area contributed by atoms with Gasteiger partial charge in [-0.1, -0.05) is 6.92 Å². The summed E-state index contributed by atoms with van der Waals surface area (Å²) in [6.07, 6.45) is 3.40. The van der Waals surface area contributed by atoms with Crippen LogP contribution in [0.15, 0.2) is 18.3 Å². The van der Waals surface area contributed by atoms with Crippen LogP contribution in [0.25, 0.3) is 0 Å². The topological polar surface area (TPSA) is 66.9 Å². The predicted molar refractivity (Wildman–Crippen MR) is 64.1 cm³/mol. The molecule has 0 aromatic carbocycles. The minimum Gasteiger partial charge on any atom is -0.350 e. The molecule has 17 heavy (non-hydrogen) atoms. The summed E-state index contributed by atoms with van der Waals surface area (Å²) in [5.41, 5.74) is 0.548. The zero-order valence-electron chi connectivity index (χ0n) is 10.1. The van der Waals surface area contributed by atoms with Crippen molar-refractivity contribution in [2.75, 3.05) is 13.1 Å². The molecule has 0 radical (unpaired) electrons. The number of rotatable bonds is 3. The Labute approximate surface area is 101 Å². The first-order valence-electron chi connectivity index (χ1n) is 5.96. The maximum absolute atomic E-state index is 12.1. The van der Waals surface area contributed by atoms with Crippen molar-refractivity contribution in [2.45, 2.75) is 26.3 Å². The molecule has 1 amide bonds. The Hall–Kier alpha value is -1.49. The highest BCUT2D eigenvalue weighted by atomic mass is 16.2. The van der Waals surface area contributed by atoms with Gasteiger partial charge in [-0.05, 0) is 38.1 Å². The fourth-order valence-electron chi connectivity index (χ4n) is 2.02. The predicted octanol–water partition coefficient (Wildman–Crippen LogP) is 0.482. The zero-order chi connectivity index (χ0) is 12.1. The van der Waals surface area contributed by atoms with E-state index in [4.69, 9.17) is 0 Å². The molecule has 0 unspecified atom stereocenters. The van der Waals surface area contributed by atoms with E-state index in [-0.39, 0.29) is 11.3 Å². The molecule has 0 saturated carbocycles. The highest BCUT2D eigenvalue weighted by Gasteiger charge is 2.34. The molecule has 1 saturated heterocycles. The highest BCUT2D eigenvalue weighted by molar-refractivity contribution is 5.82. The van der Waals surface area contributed by atoms with Crippen molar-refractivity contribution in [3.8, 4) is 0 Å². The molecule has 5 nitrogen and oxygen atoms in total. The monoisotopic (exact) mass is 234 g/mol. The van der Waals surface area contributed by atoms with Crippen molar-refractivity contribution in [2.24, 2.45) is 5.41 Å². The van der Waals surface area contributed by atoms with E-state index in [1.165, 1.54) is 0 Å². The molecule has 1 fully saturated rings. The lowest BCUT2D eigenvalue weighted by atomic mass is 9.80. The zero-order valence-corrected chi connectivity index (χ0v) is 10.1. The van der Waals surface area contributed by atoms with Gasteiger partial charge in [-0.2, -0.15) is 10.2 Å². The van der Waals surface area contributed by atoms with E-state index in [9.17, 15) is 4.79 Å². The van der Waals surface area contributed by atoms with Gasteiger partial charge in [0.25, 0.3) is 0 Å². The molecule has 1 aliphatic rings. The van der Waals surface area contributed by atoms with E-state index in [0.717, 1.165) is 31.6 Å². The van der Waals surface area contributed by atoms with Gasteiger partial charge in [-0.25, -0.2) is 0 Å². The van der Waals surface area contributed by atoms with Crippen LogP contribution in [0.5, 0.6) is 0 Å². The number of amides is 1. The second kappa shape index (κ2) is 5.23. The Balaban J connectivity index is 1.88. The van der Waals surface area contributed by atoms with Crippen LogP contribution in [0, 0.1) is 5.41 Å². The van der Waals surface area contributed by atoms with Crippen LogP contribution in [0.4, 0.5) is 0 Å². The quantitative estimate of drug-likeness (QED) is 0.798. The van der Waals surface area contributed by atoms with Crippen molar-refractivity contribution < 1.29 is 4.79 Å². The van der Waals surface area contributed by atoms with E-state index >= 15 is 0 Å². The van der Waals surface area contributed by atoms with E-state index in [1.54, 1.807) is 6.20 Å². The summed E-state index contributed by atoms with van der Waals surface area (Å²) in [4.78, 5) is 12.1. The molecule has 92 valence electrons. The molecule has 1 aliphatic heterocycles. The van der Waals surface area contributed by atoms with Crippen LogP contribution in [-0.2, 0) is 11.3 Å². The molecular formula is C12H18N4O. The van der Waals surface area contributed by atoms with Gasteiger partial charge in [0.05, 0.1) is 12.2 Å². The van der Waals surface area contributed by atoms with Crippen molar-refractivity contribution in [3.63, 3.8) is 0 Å². The first-order chi connectivity index (χ1) is 8.21. The van der Waals surface area contributed by atoms with Crippen molar-refractivity contribution in [1.82, 2.24) is 20.8 Å². The molecule has 2 heterocycles. The first kappa shape index (κ1) is 12.0. The van der Waals surface area contributed by atoms with E-state index in [1.807, 2.05) is 19.1 Å². The maximum atomic E-state index is 12.1. The van der Waals surface area contributed by atoms with E-state index in [0.29, 0.717) is 6.54 Å². The Morgan fingerprint density at radius 1 is 1.53 bits per heavy atom. The van der Waals surface area contributed by atoms with Gasteiger partial charge in [-0.3, -0.25) is 4.79 Å². The number of nitrogens with zero attached hydrogens (tertiary/aromatic N) is 2. The van der Waals surface area contributed by atoms with Crippen molar-refractivity contribution >= 4 is 5.91 Å². The first-order valence-corrected chi connectivity index (χ1v) is 5.96. The number of nitrogens with one attached hydrogen (secondary N) is 2. The van der Waals surface area contributed by atoms with Gasteiger partial charge in [0, 0.05) is 11.6 Å². The average molecular weight is 234 g/mol. The summed E-state index contributed by atoms with van der Waals surface area (Å²) in [5, 5.41) is 13.9. The van der Waals surface area contributed by atoms with Gasteiger partial charge in [0.1, 0.15) is 0 Å². The van der Waals surface area contributed by atoms with Gasteiger partial charge in [0.15, 0.2) is 0 Å². The lowest BCUT2D eigenvalue weighted by Gasteiger charge is -2.32. The summed E-state index contributed by atoms with van der Waals surface area (Å²) in [6.45, 7) is 4.31. The molecule has 0 bridgehead atoms. The van der Waals surface area contributed by atoms with Crippen LogP contribution in [0.3, 0.4) is 0 Å². The standard InChI is InChI=1S/C12H18N4O/c1-12(4-7-13-8-5-12)11(17)14-9-10-3-2-6-15-16-10/h2-3,6,13H,4-5,7-9H2,1H3,(H,14,17). The van der Waals surface area contributed by atoms with Crippen LogP contribution in [0.1, 0.15) is 25.5 Å². The third-order valence-electron chi connectivity index (χ3n) is 3.31. The normalized spacial score (nSPS) is 18.6. The summed E-state index contributed by atoms with van der Waals surface area (Å²) in [5.74, 6) is 0.115. The SMILES string of the molecule is CC1(C(=O)NCc2cccnn2)CCNCC1. The van der Waals surface area contributed by atoms with Gasteiger partial charge in [0.2, 0.25) is 5.91 Å². The van der Waals surface area contributed by atoms with Crippen LogP contribution in [0.2, 0.25) is 0 Å². The number of piperidine rings is 1. The summed E-state index contributed by atoms with van der Waals surface area (Å²) >= 11 is 0. The fourth-order valence-corrected chi connectivity index (χ4v) is 2.02. The number of carbonyl (C=O) groups is 1. The fraction of sp³-hybridized carbons (Fsp3) is 0.583. The largest absolute Gasteiger partial charge is 0.350 e. The van der Waals surface area contributed by atoms with E-state index in [2.05, 4.69) is 20.8 Å². The average Bonchev–Trinajstić information content (AvgIpc) is 2.38. The summed E-state index contributed by atoms with van der Waals surface area (Å²) in [6, 6.07) is 3.68. The summed E-state index contributed by atoms with van der Waals surface area (Å²) < 4.78 is 0. The molecule has 2 N–H and O–H groups in total. The molecule has 1 aromatic rings. The number of hydrogen-bond acceptors (Lipinski definition) is 4. The number of hydrogen-bond donors (Lipinski definition) is 2. The lowest BCUT2D eigenvalue weighted by molar-refractivity contribution is -0.131. The Kier molecular flexibility index (Phi) is 3.68. The Bertz CT molecular complexity index is 373. The molecule has 0 aliphatic carbocycles. The second-order valence-corrected chi connectivity index (χ2v) is 4.71. The molecule has 0 spiro atoms. The Morgan fingerprint density at radius 3 is 2.94 bits per heavy atom. The molecule has 5 heteroatoms. The van der Waals surface area contributed by atoms with Crippen molar-refractivity contribution in [1.29, 1.82) is 0 Å². The molecule has 2 rings (SSSR count). The second-order valence-electron chi connectivity index (χ2n) is 4.71. The number of carbonyl (C=O) groups excluding carboxylic acids is 1. The smallest absolute Gasteiger partial charge is 0.226 e. The summed E-state index contributed by atoms with van der Waals surface area (Å²) in [7, 11) is 0.